The molecule has 0 radical (unpaired) electrons. The van der Waals surface area contributed by atoms with Crippen molar-refractivity contribution in [3.05, 3.63) is 54.0 Å². The van der Waals surface area contributed by atoms with Crippen LogP contribution in [0.4, 0.5) is 10.3 Å². The molecule has 0 saturated carbocycles. The molecule has 0 amide bonds. The summed E-state index contributed by atoms with van der Waals surface area (Å²) in [6, 6.07) is 12.9. The summed E-state index contributed by atoms with van der Waals surface area (Å²) in [6.45, 7) is 7.18. The highest BCUT2D eigenvalue weighted by Gasteiger charge is 2.18. The van der Waals surface area contributed by atoms with E-state index >= 15 is 0 Å². The first-order valence-corrected chi connectivity index (χ1v) is 9.03. The van der Waals surface area contributed by atoms with E-state index in [-0.39, 0.29) is 11.7 Å². The molecule has 0 atom stereocenters. The predicted molar refractivity (Wildman–Crippen MR) is 102 cm³/mol. The molecule has 26 heavy (non-hydrogen) atoms. The summed E-state index contributed by atoms with van der Waals surface area (Å²) in [5, 5.41) is 1.48. The highest BCUT2D eigenvalue weighted by Crippen LogP contribution is 2.31. The molecule has 0 N–H and O–H groups in total. The third-order valence-electron chi connectivity index (χ3n) is 4.77. The van der Waals surface area contributed by atoms with E-state index in [9.17, 15) is 4.39 Å². The summed E-state index contributed by atoms with van der Waals surface area (Å²) in [7, 11) is 0. The van der Waals surface area contributed by atoms with Crippen LogP contribution in [0.15, 0.2) is 42.5 Å². The van der Waals surface area contributed by atoms with Crippen molar-refractivity contribution in [2.45, 2.75) is 19.8 Å². The monoisotopic (exact) mass is 351 g/mol. The normalized spacial score (nSPS) is 15.0. The minimum atomic E-state index is -0.212. The topological polar surface area (TPSA) is 38.2 Å². The molecular weight excluding hydrogens is 329 g/mol. The maximum atomic E-state index is 14.2. The van der Waals surface area contributed by atoms with Gasteiger partial charge in [-0.3, -0.25) is 0 Å². The van der Waals surface area contributed by atoms with Crippen molar-refractivity contribution in [3.8, 4) is 11.3 Å². The number of anilines is 1. The van der Waals surface area contributed by atoms with Crippen LogP contribution in [0.2, 0.25) is 0 Å². The van der Waals surface area contributed by atoms with E-state index in [0.29, 0.717) is 18.6 Å². The van der Waals surface area contributed by atoms with Crippen LogP contribution in [-0.2, 0) is 4.74 Å². The van der Waals surface area contributed by atoms with Crippen molar-refractivity contribution in [1.82, 2.24) is 9.97 Å². The molecule has 2 heterocycles. The lowest BCUT2D eigenvalue weighted by molar-refractivity contribution is 0.122. The molecule has 1 fully saturated rings. The smallest absolute Gasteiger partial charge is 0.226 e. The molecule has 134 valence electrons. The first-order chi connectivity index (χ1) is 12.6. The van der Waals surface area contributed by atoms with Crippen molar-refractivity contribution >= 4 is 16.7 Å². The van der Waals surface area contributed by atoms with Gasteiger partial charge in [0.05, 0.1) is 18.9 Å². The van der Waals surface area contributed by atoms with Gasteiger partial charge >= 0.3 is 0 Å². The third-order valence-corrected chi connectivity index (χ3v) is 4.77. The van der Waals surface area contributed by atoms with E-state index < -0.39 is 0 Å². The van der Waals surface area contributed by atoms with E-state index in [2.05, 4.69) is 18.7 Å². The van der Waals surface area contributed by atoms with Crippen LogP contribution in [0, 0.1) is 5.82 Å². The second kappa shape index (κ2) is 7.00. The number of rotatable bonds is 3. The number of morpholine rings is 1. The Kier molecular flexibility index (Phi) is 4.55. The minimum absolute atomic E-state index is 0.212. The van der Waals surface area contributed by atoms with Crippen LogP contribution in [0.1, 0.15) is 25.5 Å². The second-order valence-corrected chi connectivity index (χ2v) is 6.87. The number of aromatic nitrogens is 2. The number of benzene rings is 2. The zero-order valence-electron chi connectivity index (χ0n) is 15.1. The van der Waals surface area contributed by atoms with Crippen molar-refractivity contribution in [1.29, 1.82) is 0 Å². The van der Waals surface area contributed by atoms with E-state index in [4.69, 9.17) is 14.7 Å². The molecule has 1 aliphatic heterocycles. The fourth-order valence-electron chi connectivity index (χ4n) is 3.28. The molecule has 0 bridgehead atoms. The zero-order valence-corrected chi connectivity index (χ0v) is 15.1. The van der Waals surface area contributed by atoms with Gasteiger partial charge in [0.15, 0.2) is 0 Å². The lowest BCUT2D eigenvalue weighted by Crippen LogP contribution is -2.37. The Morgan fingerprint density at radius 2 is 1.73 bits per heavy atom. The minimum Gasteiger partial charge on any atom is -0.378 e. The number of hydrogen-bond acceptors (Lipinski definition) is 4. The van der Waals surface area contributed by atoms with Gasteiger partial charge in [0.25, 0.3) is 0 Å². The first-order valence-electron chi connectivity index (χ1n) is 9.03. The standard InChI is InChI=1S/C21H22FN3O/c1-14(2)19-13-20(24-21(23-19)25-9-11-26-12-10-25)17-7-8-18(22)16-6-4-3-5-15(16)17/h3-8,13-14H,9-12H2,1-2H3. The molecule has 2 aromatic carbocycles. The largest absolute Gasteiger partial charge is 0.378 e. The lowest BCUT2D eigenvalue weighted by atomic mass is 10.00. The van der Waals surface area contributed by atoms with Crippen LogP contribution < -0.4 is 4.90 Å². The summed E-state index contributed by atoms with van der Waals surface area (Å²) in [6.07, 6.45) is 0. The molecule has 1 aliphatic rings. The number of fused-ring (bicyclic) bond motifs is 1. The van der Waals surface area contributed by atoms with Gasteiger partial charge in [-0.1, -0.05) is 38.1 Å². The molecule has 4 rings (SSSR count). The number of nitrogens with zero attached hydrogens (tertiary/aromatic N) is 3. The van der Waals surface area contributed by atoms with Gasteiger partial charge in [-0.2, -0.15) is 0 Å². The quantitative estimate of drug-likeness (QED) is 0.701. The van der Waals surface area contributed by atoms with Crippen molar-refractivity contribution in [2.24, 2.45) is 0 Å². The van der Waals surface area contributed by atoms with E-state index in [1.807, 2.05) is 36.4 Å². The van der Waals surface area contributed by atoms with E-state index in [0.717, 1.165) is 41.4 Å². The average Bonchev–Trinajstić information content (AvgIpc) is 2.69. The summed E-state index contributed by atoms with van der Waals surface area (Å²) in [5.41, 5.74) is 2.76. The SMILES string of the molecule is CC(C)c1cc(-c2ccc(F)c3ccccc23)nc(N2CCOCC2)n1. The van der Waals surface area contributed by atoms with Crippen LogP contribution in [0.25, 0.3) is 22.0 Å². The van der Waals surface area contributed by atoms with Gasteiger partial charge in [0.1, 0.15) is 5.82 Å². The highest BCUT2D eigenvalue weighted by molar-refractivity contribution is 5.96. The Morgan fingerprint density at radius 3 is 2.46 bits per heavy atom. The molecule has 0 spiro atoms. The zero-order chi connectivity index (χ0) is 18.1. The Balaban J connectivity index is 1.88. The van der Waals surface area contributed by atoms with Gasteiger partial charge in [-0.05, 0) is 29.5 Å². The number of halogens is 1. The molecule has 5 heteroatoms. The van der Waals surface area contributed by atoms with Gasteiger partial charge in [-0.15, -0.1) is 0 Å². The lowest BCUT2D eigenvalue weighted by Gasteiger charge is -2.27. The van der Waals surface area contributed by atoms with E-state index in [1.54, 1.807) is 0 Å². The summed E-state index contributed by atoms with van der Waals surface area (Å²) >= 11 is 0. The Bertz CT molecular complexity index is 936. The average molecular weight is 351 g/mol. The highest BCUT2D eigenvalue weighted by atomic mass is 19.1. The Morgan fingerprint density at radius 1 is 1.00 bits per heavy atom. The maximum Gasteiger partial charge on any atom is 0.226 e. The predicted octanol–water partition coefficient (Wildman–Crippen LogP) is 4.40. The van der Waals surface area contributed by atoms with Crippen LogP contribution in [-0.4, -0.2) is 36.3 Å². The van der Waals surface area contributed by atoms with Crippen LogP contribution >= 0.6 is 0 Å². The van der Waals surface area contributed by atoms with Crippen molar-refractivity contribution < 1.29 is 9.13 Å². The number of hydrogen-bond donors (Lipinski definition) is 0. The van der Waals surface area contributed by atoms with Gasteiger partial charge in [0.2, 0.25) is 5.95 Å². The van der Waals surface area contributed by atoms with Gasteiger partial charge in [-0.25, -0.2) is 14.4 Å². The first kappa shape index (κ1) is 16.9. The van der Waals surface area contributed by atoms with Crippen molar-refractivity contribution in [2.75, 3.05) is 31.2 Å². The van der Waals surface area contributed by atoms with Crippen molar-refractivity contribution in [3.63, 3.8) is 0 Å². The van der Waals surface area contributed by atoms with Crippen LogP contribution in [0.5, 0.6) is 0 Å². The second-order valence-electron chi connectivity index (χ2n) is 6.87. The van der Waals surface area contributed by atoms with Gasteiger partial charge in [0, 0.05) is 29.7 Å². The van der Waals surface area contributed by atoms with Gasteiger partial charge < -0.3 is 9.64 Å². The molecule has 0 aliphatic carbocycles. The molecule has 1 aromatic heterocycles. The molecule has 1 saturated heterocycles. The molecule has 0 unspecified atom stereocenters. The maximum absolute atomic E-state index is 14.2. The van der Waals surface area contributed by atoms with E-state index in [1.165, 1.54) is 6.07 Å². The fraction of sp³-hybridized carbons (Fsp3) is 0.333. The molecule has 4 nitrogen and oxygen atoms in total. The molecular formula is C21H22FN3O. The fourth-order valence-corrected chi connectivity index (χ4v) is 3.28. The third kappa shape index (κ3) is 3.15. The summed E-state index contributed by atoms with van der Waals surface area (Å²) in [4.78, 5) is 11.7. The Labute approximate surface area is 152 Å². The number of ether oxygens (including phenoxy) is 1. The summed E-state index contributed by atoms with van der Waals surface area (Å²) < 4.78 is 19.7. The van der Waals surface area contributed by atoms with Crippen LogP contribution in [0.3, 0.4) is 0 Å². The summed E-state index contributed by atoms with van der Waals surface area (Å²) in [5.74, 6) is 0.794. The molecule has 3 aromatic rings. The Hall–Kier alpha value is -2.53.